The van der Waals surface area contributed by atoms with Crippen LogP contribution in [0.25, 0.3) is 0 Å². The lowest BCUT2D eigenvalue weighted by Crippen LogP contribution is -2.30. The lowest BCUT2D eigenvalue weighted by Gasteiger charge is -2.14. The highest BCUT2D eigenvalue weighted by molar-refractivity contribution is 7.09. The molecule has 100 valence electrons. The highest BCUT2D eigenvalue weighted by Crippen LogP contribution is 2.48. The van der Waals surface area contributed by atoms with Crippen molar-refractivity contribution in [2.45, 2.75) is 38.5 Å². The summed E-state index contributed by atoms with van der Waals surface area (Å²) in [6.07, 6.45) is 6.05. The van der Waals surface area contributed by atoms with Crippen LogP contribution in [0, 0.1) is 5.41 Å². The fourth-order valence-electron chi connectivity index (χ4n) is 2.14. The van der Waals surface area contributed by atoms with Crippen LogP contribution in [0.15, 0.2) is 17.5 Å². The summed E-state index contributed by atoms with van der Waals surface area (Å²) in [4.78, 5) is 13.1. The molecular weight excluding hydrogens is 266 g/mol. The summed E-state index contributed by atoms with van der Waals surface area (Å²) in [5.74, 6) is 0.890. The summed E-state index contributed by atoms with van der Waals surface area (Å²) < 4.78 is 0. The first-order chi connectivity index (χ1) is 8.74. The van der Waals surface area contributed by atoms with Crippen molar-refractivity contribution in [2.75, 3.05) is 12.4 Å². The van der Waals surface area contributed by atoms with Gasteiger partial charge in [0.05, 0.1) is 0 Å². The number of rotatable bonds is 8. The average Bonchev–Trinajstić information content (AvgIpc) is 2.92. The molecule has 0 unspecified atom stereocenters. The Morgan fingerprint density at radius 3 is 2.94 bits per heavy atom. The predicted octanol–water partition coefficient (Wildman–Crippen LogP) is 3.60. The summed E-state index contributed by atoms with van der Waals surface area (Å²) in [6.45, 7) is 0.817. The van der Waals surface area contributed by atoms with Crippen LogP contribution in [0.2, 0.25) is 0 Å². The molecule has 0 bridgehead atoms. The molecule has 2 nitrogen and oxygen atoms in total. The van der Waals surface area contributed by atoms with Crippen molar-refractivity contribution in [1.82, 2.24) is 5.32 Å². The van der Waals surface area contributed by atoms with E-state index in [0.29, 0.717) is 17.7 Å². The molecule has 1 aliphatic carbocycles. The number of carbonyl (C=O) groups is 1. The van der Waals surface area contributed by atoms with Gasteiger partial charge in [0.2, 0.25) is 5.91 Å². The number of hydrogen-bond acceptors (Lipinski definition) is 2. The second-order valence-electron chi connectivity index (χ2n) is 5.15. The standard InChI is InChI=1S/C14H20ClNOS/c15-9-8-14(6-7-14)11-16-13(17)5-1-3-12-4-2-10-18-12/h2,4,10H,1,3,5-9,11H2,(H,16,17). The maximum Gasteiger partial charge on any atom is 0.220 e. The second-order valence-corrected chi connectivity index (χ2v) is 6.56. The summed E-state index contributed by atoms with van der Waals surface area (Å²) in [5, 5.41) is 5.14. The monoisotopic (exact) mass is 285 g/mol. The van der Waals surface area contributed by atoms with Crippen LogP contribution >= 0.6 is 22.9 Å². The van der Waals surface area contributed by atoms with E-state index in [1.54, 1.807) is 11.3 Å². The van der Waals surface area contributed by atoms with Gasteiger partial charge >= 0.3 is 0 Å². The average molecular weight is 286 g/mol. The highest BCUT2D eigenvalue weighted by Gasteiger charge is 2.41. The zero-order valence-corrected chi connectivity index (χ0v) is 12.2. The van der Waals surface area contributed by atoms with Crippen molar-refractivity contribution in [1.29, 1.82) is 0 Å². The topological polar surface area (TPSA) is 29.1 Å². The minimum Gasteiger partial charge on any atom is -0.356 e. The van der Waals surface area contributed by atoms with E-state index in [1.807, 2.05) is 0 Å². The molecule has 4 heteroatoms. The number of nitrogens with one attached hydrogen (secondary N) is 1. The third kappa shape index (κ3) is 4.29. The SMILES string of the molecule is O=C(CCCc1cccs1)NCC1(CCCl)CC1. The molecule has 1 aliphatic rings. The van der Waals surface area contributed by atoms with Crippen LogP contribution in [0.1, 0.15) is 37.0 Å². The molecule has 0 aromatic carbocycles. The van der Waals surface area contributed by atoms with E-state index >= 15 is 0 Å². The largest absolute Gasteiger partial charge is 0.356 e. The van der Waals surface area contributed by atoms with Gasteiger partial charge in [-0.15, -0.1) is 22.9 Å². The van der Waals surface area contributed by atoms with Gasteiger partial charge in [0.15, 0.2) is 0 Å². The molecule has 0 atom stereocenters. The van der Waals surface area contributed by atoms with Crippen molar-refractivity contribution < 1.29 is 4.79 Å². The second kappa shape index (κ2) is 6.58. The molecule has 0 aliphatic heterocycles. The number of thiophene rings is 1. The van der Waals surface area contributed by atoms with Crippen LogP contribution < -0.4 is 5.32 Å². The van der Waals surface area contributed by atoms with E-state index in [-0.39, 0.29) is 5.91 Å². The molecule has 1 amide bonds. The Labute approximate surface area is 118 Å². The molecular formula is C14H20ClNOS. The fourth-order valence-corrected chi connectivity index (χ4v) is 3.30. The lowest BCUT2D eigenvalue weighted by atomic mass is 10.0. The van der Waals surface area contributed by atoms with E-state index < -0.39 is 0 Å². The van der Waals surface area contributed by atoms with Gasteiger partial charge in [-0.3, -0.25) is 4.79 Å². The van der Waals surface area contributed by atoms with Crippen molar-refractivity contribution in [3.8, 4) is 0 Å². The lowest BCUT2D eigenvalue weighted by molar-refractivity contribution is -0.121. The van der Waals surface area contributed by atoms with E-state index in [0.717, 1.165) is 25.8 Å². The third-order valence-electron chi connectivity index (χ3n) is 3.65. The van der Waals surface area contributed by atoms with Gasteiger partial charge in [-0.05, 0) is 49.0 Å². The van der Waals surface area contributed by atoms with Gasteiger partial charge in [0, 0.05) is 23.7 Å². The number of hydrogen-bond donors (Lipinski definition) is 1. The molecule has 0 spiro atoms. The van der Waals surface area contributed by atoms with E-state index in [4.69, 9.17) is 11.6 Å². The Hall–Kier alpha value is -0.540. The van der Waals surface area contributed by atoms with Crippen molar-refractivity contribution in [3.63, 3.8) is 0 Å². The Kier molecular flexibility index (Phi) is 5.07. The first-order valence-electron chi connectivity index (χ1n) is 6.59. The first-order valence-corrected chi connectivity index (χ1v) is 8.01. The van der Waals surface area contributed by atoms with Crippen LogP contribution in [0.3, 0.4) is 0 Å². The summed E-state index contributed by atoms with van der Waals surface area (Å²) in [6, 6.07) is 4.19. The van der Waals surface area contributed by atoms with E-state index in [1.165, 1.54) is 17.7 Å². The predicted molar refractivity (Wildman–Crippen MR) is 77.3 cm³/mol. The van der Waals surface area contributed by atoms with Crippen molar-refractivity contribution >= 4 is 28.8 Å². The summed E-state index contributed by atoms with van der Waals surface area (Å²) in [5.41, 5.74) is 0.338. The van der Waals surface area contributed by atoms with Gasteiger partial charge < -0.3 is 5.32 Å². The quantitative estimate of drug-likeness (QED) is 0.727. The minimum atomic E-state index is 0.187. The van der Waals surface area contributed by atoms with Crippen molar-refractivity contribution in [2.24, 2.45) is 5.41 Å². The minimum absolute atomic E-state index is 0.187. The normalized spacial score (nSPS) is 16.5. The Morgan fingerprint density at radius 1 is 1.50 bits per heavy atom. The van der Waals surface area contributed by atoms with Gasteiger partial charge in [-0.25, -0.2) is 0 Å². The molecule has 18 heavy (non-hydrogen) atoms. The van der Waals surface area contributed by atoms with E-state index in [2.05, 4.69) is 22.8 Å². The smallest absolute Gasteiger partial charge is 0.220 e. The molecule has 1 N–H and O–H groups in total. The number of alkyl halides is 1. The molecule has 0 saturated heterocycles. The van der Waals surface area contributed by atoms with Gasteiger partial charge in [0.25, 0.3) is 0 Å². The van der Waals surface area contributed by atoms with Gasteiger partial charge in [0.1, 0.15) is 0 Å². The number of amides is 1. The Bertz CT molecular complexity index is 373. The third-order valence-corrected chi connectivity index (χ3v) is 4.77. The van der Waals surface area contributed by atoms with Gasteiger partial charge in [-0.1, -0.05) is 6.07 Å². The maximum atomic E-state index is 11.7. The molecule has 1 saturated carbocycles. The molecule has 1 aromatic rings. The van der Waals surface area contributed by atoms with Crippen molar-refractivity contribution in [3.05, 3.63) is 22.4 Å². The van der Waals surface area contributed by atoms with Crippen LogP contribution in [-0.2, 0) is 11.2 Å². The van der Waals surface area contributed by atoms with Gasteiger partial charge in [-0.2, -0.15) is 0 Å². The zero-order chi connectivity index (χ0) is 12.8. The zero-order valence-electron chi connectivity index (χ0n) is 10.6. The molecule has 1 aromatic heterocycles. The highest BCUT2D eigenvalue weighted by atomic mass is 35.5. The molecule has 2 rings (SSSR count). The maximum absolute atomic E-state index is 11.7. The number of carbonyl (C=O) groups excluding carboxylic acids is 1. The molecule has 1 fully saturated rings. The first kappa shape index (κ1) is 13.9. The molecule has 0 radical (unpaired) electrons. The Morgan fingerprint density at radius 2 is 2.33 bits per heavy atom. The Balaban J connectivity index is 1.58. The number of halogens is 1. The molecule has 1 heterocycles. The number of aryl methyl sites for hydroxylation is 1. The fraction of sp³-hybridized carbons (Fsp3) is 0.643. The summed E-state index contributed by atoms with van der Waals surface area (Å²) >= 11 is 7.53. The van der Waals surface area contributed by atoms with Crippen LogP contribution in [0.5, 0.6) is 0 Å². The van der Waals surface area contributed by atoms with Crippen LogP contribution in [0.4, 0.5) is 0 Å². The van der Waals surface area contributed by atoms with Crippen LogP contribution in [-0.4, -0.2) is 18.3 Å². The summed E-state index contributed by atoms with van der Waals surface area (Å²) in [7, 11) is 0. The van der Waals surface area contributed by atoms with E-state index in [9.17, 15) is 4.79 Å².